The van der Waals surface area contributed by atoms with E-state index >= 15 is 0 Å². The van der Waals surface area contributed by atoms with Crippen LogP contribution < -0.4 is 0 Å². The lowest BCUT2D eigenvalue weighted by Gasteiger charge is -2.62. The van der Waals surface area contributed by atoms with Crippen LogP contribution in [-0.2, 0) is 4.74 Å². The van der Waals surface area contributed by atoms with Crippen LogP contribution in [0.25, 0.3) is 0 Å². The standard InChI is InChI=1S/C32H56O/c1-20(2)12-11-13-21(3)23-14-15-24-22-18-26(33-10)32-27(29(32,6)7)28(4,5)19-31(32,9)25(22)16-17-30(23,24)8/h20-27H,11-19H2,1-10H3. The third-order valence-electron chi connectivity index (χ3n) is 13.4. The number of fused-ring (bicyclic) bond motifs is 4. The molecule has 1 heteroatoms. The summed E-state index contributed by atoms with van der Waals surface area (Å²) in [6, 6.07) is 0. The largest absolute Gasteiger partial charge is 0.381 e. The first kappa shape index (κ1) is 24.6. The second kappa shape index (κ2) is 7.49. The number of rotatable bonds is 6. The zero-order chi connectivity index (χ0) is 24.2. The Morgan fingerprint density at radius 3 is 2.18 bits per heavy atom. The molecule has 5 saturated carbocycles. The molecule has 10 atom stereocenters. The maximum atomic E-state index is 6.52. The van der Waals surface area contributed by atoms with Gasteiger partial charge in [0.2, 0.25) is 0 Å². The van der Waals surface area contributed by atoms with Gasteiger partial charge in [0, 0.05) is 12.5 Å². The quantitative estimate of drug-likeness (QED) is 0.387. The van der Waals surface area contributed by atoms with Crippen LogP contribution in [-0.4, -0.2) is 13.2 Å². The molecule has 0 aliphatic heterocycles. The molecule has 0 N–H and O–H groups in total. The van der Waals surface area contributed by atoms with Crippen LogP contribution in [0.2, 0.25) is 0 Å². The van der Waals surface area contributed by atoms with E-state index in [1.807, 2.05) is 7.11 Å². The van der Waals surface area contributed by atoms with Crippen LogP contribution in [0.1, 0.15) is 120 Å². The Hall–Kier alpha value is -0.0400. The Labute approximate surface area is 206 Å². The molecule has 10 unspecified atom stereocenters. The Morgan fingerprint density at radius 2 is 1.58 bits per heavy atom. The summed E-state index contributed by atoms with van der Waals surface area (Å²) in [5, 5.41) is 0. The molecule has 0 saturated heterocycles. The number of ether oxygens (including phenoxy) is 1. The van der Waals surface area contributed by atoms with Crippen molar-refractivity contribution < 1.29 is 4.74 Å². The minimum Gasteiger partial charge on any atom is -0.381 e. The highest BCUT2D eigenvalue weighted by atomic mass is 16.5. The Bertz CT molecular complexity index is 764. The third kappa shape index (κ3) is 2.93. The second-order valence-electron chi connectivity index (χ2n) is 16.0. The summed E-state index contributed by atoms with van der Waals surface area (Å²) in [5.74, 6) is 6.28. The van der Waals surface area contributed by atoms with Gasteiger partial charge in [-0.15, -0.1) is 0 Å². The molecule has 5 aliphatic carbocycles. The summed E-state index contributed by atoms with van der Waals surface area (Å²) in [6.07, 6.45) is 13.5. The average molecular weight is 457 g/mol. The Morgan fingerprint density at radius 1 is 0.879 bits per heavy atom. The fourth-order valence-electron chi connectivity index (χ4n) is 13.2. The molecular weight excluding hydrogens is 400 g/mol. The lowest BCUT2D eigenvalue weighted by molar-refractivity contribution is -0.174. The van der Waals surface area contributed by atoms with Crippen molar-refractivity contribution in [2.75, 3.05) is 7.11 Å². The van der Waals surface area contributed by atoms with Crippen LogP contribution in [0.5, 0.6) is 0 Å². The minimum atomic E-state index is 0.412. The van der Waals surface area contributed by atoms with E-state index in [0.29, 0.717) is 33.2 Å². The van der Waals surface area contributed by atoms with Crippen LogP contribution in [0, 0.1) is 68.5 Å². The molecule has 190 valence electrons. The maximum Gasteiger partial charge on any atom is 0.0644 e. The van der Waals surface area contributed by atoms with Gasteiger partial charge in [0.25, 0.3) is 0 Å². The predicted octanol–water partition coefficient (Wildman–Crippen LogP) is 9.00. The van der Waals surface area contributed by atoms with Crippen molar-refractivity contribution in [2.24, 2.45) is 68.5 Å². The third-order valence-corrected chi connectivity index (χ3v) is 13.4. The van der Waals surface area contributed by atoms with E-state index in [2.05, 4.69) is 62.3 Å². The van der Waals surface area contributed by atoms with Gasteiger partial charge in [-0.05, 0) is 102 Å². The Balaban J connectivity index is 1.42. The van der Waals surface area contributed by atoms with Crippen LogP contribution >= 0.6 is 0 Å². The summed E-state index contributed by atoms with van der Waals surface area (Å²) in [6.45, 7) is 23.2. The van der Waals surface area contributed by atoms with Crippen molar-refractivity contribution in [3.8, 4) is 0 Å². The summed E-state index contributed by atoms with van der Waals surface area (Å²) >= 11 is 0. The van der Waals surface area contributed by atoms with Crippen molar-refractivity contribution in [1.29, 1.82) is 0 Å². The molecule has 0 aromatic rings. The highest BCUT2D eigenvalue weighted by Crippen LogP contribution is 2.92. The monoisotopic (exact) mass is 456 g/mol. The number of hydrogen-bond acceptors (Lipinski definition) is 1. The van der Waals surface area contributed by atoms with Crippen molar-refractivity contribution in [2.45, 2.75) is 126 Å². The molecule has 1 nitrogen and oxygen atoms in total. The molecule has 0 aromatic heterocycles. The van der Waals surface area contributed by atoms with E-state index in [4.69, 9.17) is 4.74 Å². The Kier molecular flexibility index (Phi) is 5.59. The molecule has 5 aliphatic rings. The average Bonchev–Trinajstić information content (AvgIpc) is 2.95. The maximum absolute atomic E-state index is 6.52. The highest BCUT2D eigenvalue weighted by Gasteiger charge is 2.90. The normalized spacial score (nSPS) is 52.1. The minimum absolute atomic E-state index is 0.412. The molecule has 0 amide bonds. The van der Waals surface area contributed by atoms with Crippen molar-refractivity contribution in [1.82, 2.24) is 0 Å². The zero-order valence-corrected chi connectivity index (χ0v) is 23.9. The summed E-state index contributed by atoms with van der Waals surface area (Å²) in [4.78, 5) is 0. The van der Waals surface area contributed by atoms with Gasteiger partial charge in [-0.3, -0.25) is 0 Å². The van der Waals surface area contributed by atoms with E-state index < -0.39 is 0 Å². The summed E-state index contributed by atoms with van der Waals surface area (Å²) < 4.78 is 6.52. The van der Waals surface area contributed by atoms with Crippen LogP contribution in [0.15, 0.2) is 0 Å². The first-order chi connectivity index (χ1) is 15.3. The molecule has 0 radical (unpaired) electrons. The first-order valence-corrected chi connectivity index (χ1v) is 14.8. The number of methoxy groups -OCH3 is 1. The summed E-state index contributed by atoms with van der Waals surface area (Å²) in [5.41, 5.74) is 2.32. The smallest absolute Gasteiger partial charge is 0.0644 e. The van der Waals surface area contributed by atoms with E-state index in [-0.39, 0.29) is 0 Å². The van der Waals surface area contributed by atoms with Crippen LogP contribution in [0.3, 0.4) is 0 Å². The van der Waals surface area contributed by atoms with Crippen molar-refractivity contribution in [3.05, 3.63) is 0 Å². The van der Waals surface area contributed by atoms with Gasteiger partial charge in [-0.2, -0.15) is 0 Å². The molecule has 0 bridgehead atoms. The van der Waals surface area contributed by atoms with Gasteiger partial charge in [0.15, 0.2) is 0 Å². The van der Waals surface area contributed by atoms with E-state index in [1.165, 1.54) is 57.8 Å². The van der Waals surface area contributed by atoms with E-state index in [0.717, 1.165) is 41.4 Å². The van der Waals surface area contributed by atoms with Gasteiger partial charge in [-0.1, -0.05) is 81.6 Å². The van der Waals surface area contributed by atoms with E-state index in [9.17, 15) is 0 Å². The fourth-order valence-corrected chi connectivity index (χ4v) is 13.2. The van der Waals surface area contributed by atoms with Crippen molar-refractivity contribution in [3.63, 3.8) is 0 Å². The molecule has 0 aromatic carbocycles. The first-order valence-electron chi connectivity index (χ1n) is 14.8. The van der Waals surface area contributed by atoms with Gasteiger partial charge >= 0.3 is 0 Å². The molecule has 0 heterocycles. The predicted molar refractivity (Wildman–Crippen MR) is 140 cm³/mol. The van der Waals surface area contributed by atoms with Gasteiger partial charge in [-0.25, -0.2) is 0 Å². The van der Waals surface area contributed by atoms with Crippen molar-refractivity contribution >= 4 is 0 Å². The van der Waals surface area contributed by atoms with Gasteiger partial charge in [0.05, 0.1) is 6.10 Å². The molecule has 5 rings (SSSR count). The molecule has 33 heavy (non-hydrogen) atoms. The van der Waals surface area contributed by atoms with E-state index in [1.54, 1.807) is 0 Å². The van der Waals surface area contributed by atoms with Gasteiger partial charge < -0.3 is 4.74 Å². The lowest BCUT2D eigenvalue weighted by atomic mass is 9.44. The molecule has 1 spiro atoms. The SMILES string of the molecule is COC1CC2C3CCC(C(C)CCCC(C)C)C3(C)CCC2C2(C)CC(C)(C)C3C(C)(C)C132. The molecular formula is C32H56O. The number of hydrogen-bond donors (Lipinski definition) is 0. The molecule has 5 fully saturated rings. The summed E-state index contributed by atoms with van der Waals surface area (Å²) in [7, 11) is 2.05. The topological polar surface area (TPSA) is 9.23 Å². The highest BCUT2D eigenvalue weighted by molar-refractivity contribution is 5.37. The second-order valence-corrected chi connectivity index (χ2v) is 16.0. The fraction of sp³-hybridized carbons (Fsp3) is 1.00. The van der Waals surface area contributed by atoms with Gasteiger partial charge in [0.1, 0.15) is 0 Å². The van der Waals surface area contributed by atoms with Crippen LogP contribution in [0.4, 0.5) is 0 Å². The zero-order valence-electron chi connectivity index (χ0n) is 23.9. The lowest BCUT2D eigenvalue weighted by Crippen LogP contribution is -2.58.